The molecule has 0 aromatic carbocycles. The van der Waals surface area contributed by atoms with Crippen LogP contribution in [-0.4, -0.2) is 44.7 Å². The predicted molar refractivity (Wildman–Crippen MR) is 92.8 cm³/mol. The van der Waals surface area contributed by atoms with E-state index < -0.39 is 0 Å². The lowest BCUT2D eigenvalue weighted by Gasteiger charge is -2.36. The summed E-state index contributed by atoms with van der Waals surface area (Å²) in [5.41, 5.74) is 1.15. The van der Waals surface area contributed by atoms with Crippen LogP contribution in [0.4, 0.5) is 0 Å². The Hall–Kier alpha value is -2.18. The van der Waals surface area contributed by atoms with Crippen molar-refractivity contribution in [2.24, 2.45) is 5.92 Å². The van der Waals surface area contributed by atoms with Crippen molar-refractivity contribution in [2.45, 2.75) is 59.0 Å². The van der Waals surface area contributed by atoms with Crippen LogP contribution >= 0.6 is 0 Å². The molecule has 0 radical (unpaired) electrons. The summed E-state index contributed by atoms with van der Waals surface area (Å²) in [6, 6.07) is -0.160. The van der Waals surface area contributed by atoms with Gasteiger partial charge in [-0.3, -0.25) is 14.4 Å². The first-order chi connectivity index (χ1) is 11.9. The number of hydrogen-bond acceptors (Lipinski definition) is 4. The molecule has 1 N–H and O–H groups in total. The van der Waals surface area contributed by atoms with Crippen molar-refractivity contribution in [1.82, 2.24) is 19.8 Å². The normalized spacial score (nSPS) is 20.6. The monoisotopic (exact) mass is 346 g/mol. The Morgan fingerprint density at radius 2 is 2.00 bits per heavy atom. The standard InChI is InChI=1S/C18H26N4O3/c1-11(2)18(25)22-8-5-4-6-15(22)16-19-14-7-9-21(12(3)23)10-13(14)17(24)20-16/h11,15H,4-10H2,1-3H3,(H,19,20,24)/t15-/m1/s1. The lowest BCUT2D eigenvalue weighted by Crippen LogP contribution is -2.43. The third-order valence-electron chi connectivity index (χ3n) is 5.13. The van der Waals surface area contributed by atoms with Gasteiger partial charge in [-0.2, -0.15) is 0 Å². The fourth-order valence-electron chi connectivity index (χ4n) is 3.68. The highest BCUT2D eigenvalue weighted by molar-refractivity contribution is 5.78. The summed E-state index contributed by atoms with van der Waals surface area (Å²) >= 11 is 0. The zero-order chi connectivity index (χ0) is 18.1. The summed E-state index contributed by atoms with van der Waals surface area (Å²) in [5.74, 6) is 0.589. The molecule has 7 heteroatoms. The van der Waals surface area contributed by atoms with Crippen LogP contribution < -0.4 is 5.56 Å². The van der Waals surface area contributed by atoms with E-state index in [-0.39, 0.29) is 29.3 Å². The number of carbonyl (C=O) groups is 2. The van der Waals surface area contributed by atoms with Crippen LogP contribution in [-0.2, 0) is 22.6 Å². The SMILES string of the molecule is CC(=O)N1CCc2nc([C@H]3CCCCN3C(=O)C(C)C)[nH]c(=O)c2C1. The van der Waals surface area contributed by atoms with E-state index in [0.717, 1.165) is 25.0 Å². The molecule has 0 saturated carbocycles. The molecule has 2 aliphatic rings. The second-order valence-electron chi connectivity index (χ2n) is 7.26. The highest BCUT2D eigenvalue weighted by Gasteiger charge is 2.32. The Morgan fingerprint density at radius 3 is 2.68 bits per heavy atom. The third kappa shape index (κ3) is 3.45. The molecule has 1 atom stereocenters. The van der Waals surface area contributed by atoms with Crippen molar-refractivity contribution in [2.75, 3.05) is 13.1 Å². The molecule has 1 aromatic heterocycles. The Labute approximate surface area is 147 Å². The van der Waals surface area contributed by atoms with E-state index in [9.17, 15) is 14.4 Å². The van der Waals surface area contributed by atoms with Gasteiger partial charge in [0.15, 0.2) is 0 Å². The van der Waals surface area contributed by atoms with Crippen molar-refractivity contribution < 1.29 is 9.59 Å². The fourth-order valence-corrected chi connectivity index (χ4v) is 3.68. The highest BCUT2D eigenvalue weighted by Crippen LogP contribution is 2.30. The zero-order valence-corrected chi connectivity index (χ0v) is 15.2. The second-order valence-corrected chi connectivity index (χ2v) is 7.26. The molecule has 25 heavy (non-hydrogen) atoms. The molecule has 1 aromatic rings. The molecule has 1 saturated heterocycles. The molecule has 0 aliphatic carbocycles. The number of nitrogens with one attached hydrogen (secondary N) is 1. The molecule has 136 valence electrons. The van der Waals surface area contributed by atoms with E-state index in [1.807, 2.05) is 18.7 Å². The Balaban J connectivity index is 1.93. The van der Waals surface area contributed by atoms with Crippen molar-refractivity contribution in [3.63, 3.8) is 0 Å². The molecule has 1 fully saturated rings. The molecular weight excluding hydrogens is 320 g/mol. The topological polar surface area (TPSA) is 86.4 Å². The second kappa shape index (κ2) is 6.98. The summed E-state index contributed by atoms with van der Waals surface area (Å²) in [5, 5.41) is 0. The van der Waals surface area contributed by atoms with Crippen LogP contribution in [0.1, 0.15) is 63.2 Å². The van der Waals surface area contributed by atoms with Gasteiger partial charge in [0.05, 0.1) is 23.8 Å². The smallest absolute Gasteiger partial charge is 0.256 e. The number of aromatic amines is 1. The largest absolute Gasteiger partial charge is 0.338 e. The van der Waals surface area contributed by atoms with E-state index in [1.54, 1.807) is 4.90 Å². The lowest BCUT2D eigenvalue weighted by atomic mass is 9.98. The number of piperidine rings is 1. The first-order valence-corrected chi connectivity index (χ1v) is 9.06. The number of H-pyrrole nitrogens is 1. The maximum atomic E-state index is 12.6. The van der Waals surface area contributed by atoms with Gasteiger partial charge < -0.3 is 14.8 Å². The average molecular weight is 346 g/mol. The van der Waals surface area contributed by atoms with Gasteiger partial charge >= 0.3 is 0 Å². The number of likely N-dealkylation sites (tertiary alicyclic amines) is 1. The third-order valence-corrected chi connectivity index (χ3v) is 5.13. The predicted octanol–water partition coefficient (Wildman–Crippen LogP) is 1.38. The van der Waals surface area contributed by atoms with E-state index in [1.165, 1.54) is 6.92 Å². The first-order valence-electron chi connectivity index (χ1n) is 9.06. The van der Waals surface area contributed by atoms with E-state index in [2.05, 4.69) is 4.98 Å². The van der Waals surface area contributed by atoms with Crippen molar-refractivity contribution in [3.05, 3.63) is 27.4 Å². The van der Waals surface area contributed by atoms with Crippen molar-refractivity contribution in [3.8, 4) is 0 Å². The molecule has 7 nitrogen and oxygen atoms in total. The van der Waals surface area contributed by atoms with Crippen LogP contribution in [0.25, 0.3) is 0 Å². The summed E-state index contributed by atoms with van der Waals surface area (Å²) in [6.45, 7) is 6.91. The van der Waals surface area contributed by atoms with E-state index in [4.69, 9.17) is 4.98 Å². The molecule has 2 aliphatic heterocycles. The van der Waals surface area contributed by atoms with Gasteiger partial charge in [-0.15, -0.1) is 0 Å². The summed E-state index contributed by atoms with van der Waals surface area (Å²) in [4.78, 5) is 47.8. The molecule has 3 rings (SSSR count). The van der Waals surface area contributed by atoms with E-state index >= 15 is 0 Å². The van der Waals surface area contributed by atoms with Crippen molar-refractivity contribution in [1.29, 1.82) is 0 Å². The number of fused-ring (bicyclic) bond motifs is 1. The molecule has 0 bridgehead atoms. The van der Waals surface area contributed by atoms with Crippen LogP contribution in [0.3, 0.4) is 0 Å². The minimum atomic E-state index is -0.187. The molecular formula is C18H26N4O3. The summed E-state index contributed by atoms with van der Waals surface area (Å²) < 4.78 is 0. The quantitative estimate of drug-likeness (QED) is 0.877. The number of nitrogens with zero attached hydrogens (tertiary/aromatic N) is 3. The van der Waals surface area contributed by atoms with Crippen LogP contribution in [0, 0.1) is 5.92 Å². The number of amides is 2. The van der Waals surface area contributed by atoms with Gasteiger partial charge in [0, 0.05) is 32.4 Å². The Bertz CT molecular complexity index is 740. The number of carbonyl (C=O) groups excluding carboxylic acids is 2. The van der Waals surface area contributed by atoms with Gasteiger partial charge in [-0.05, 0) is 19.3 Å². The highest BCUT2D eigenvalue weighted by atomic mass is 16.2. The number of aromatic nitrogens is 2. The first kappa shape index (κ1) is 17.6. The Morgan fingerprint density at radius 1 is 1.24 bits per heavy atom. The molecule has 2 amide bonds. The Kier molecular flexibility index (Phi) is 4.92. The van der Waals surface area contributed by atoms with E-state index in [0.29, 0.717) is 37.4 Å². The van der Waals surface area contributed by atoms with Gasteiger partial charge in [0.25, 0.3) is 5.56 Å². The van der Waals surface area contributed by atoms with Crippen LogP contribution in [0.5, 0.6) is 0 Å². The zero-order valence-electron chi connectivity index (χ0n) is 15.2. The molecule has 0 spiro atoms. The minimum Gasteiger partial charge on any atom is -0.338 e. The maximum Gasteiger partial charge on any atom is 0.256 e. The van der Waals surface area contributed by atoms with Crippen LogP contribution in [0.2, 0.25) is 0 Å². The number of hydrogen-bond donors (Lipinski definition) is 1. The van der Waals surface area contributed by atoms with Gasteiger partial charge in [0.1, 0.15) is 5.82 Å². The number of rotatable bonds is 2. The average Bonchev–Trinajstić information content (AvgIpc) is 2.60. The van der Waals surface area contributed by atoms with Crippen molar-refractivity contribution >= 4 is 11.8 Å². The lowest BCUT2D eigenvalue weighted by molar-refractivity contribution is -0.138. The molecule has 3 heterocycles. The van der Waals surface area contributed by atoms with Gasteiger partial charge in [-0.25, -0.2) is 4.98 Å². The van der Waals surface area contributed by atoms with Gasteiger partial charge in [-0.1, -0.05) is 13.8 Å². The summed E-state index contributed by atoms with van der Waals surface area (Å²) in [7, 11) is 0. The minimum absolute atomic E-state index is 0.0323. The van der Waals surface area contributed by atoms with Crippen LogP contribution in [0.15, 0.2) is 4.79 Å². The van der Waals surface area contributed by atoms with Gasteiger partial charge in [0.2, 0.25) is 11.8 Å². The molecule has 0 unspecified atom stereocenters. The maximum absolute atomic E-state index is 12.6. The summed E-state index contributed by atoms with van der Waals surface area (Å²) in [6.07, 6.45) is 3.40. The fraction of sp³-hybridized carbons (Fsp3) is 0.667.